The van der Waals surface area contributed by atoms with Crippen LogP contribution in [0.3, 0.4) is 0 Å². The lowest BCUT2D eigenvalue weighted by molar-refractivity contribution is -0.145. The molecule has 7 heterocycles. The average molecular weight is 1040 g/mol. The summed E-state index contributed by atoms with van der Waals surface area (Å²) in [6, 6.07) is 13.3. The Morgan fingerprint density at radius 3 is 2.42 bits per heavy atom. The van der Waals surface area contributed by atoms with Gasteiger partial charge in [-0.05, 0) is 105 Å². The number of piperazine rings is 1. The fourth-order valence-electron chi connectivity index (χ4n) is 9.92. The minimum absolute atomic E-state index is 0.0262. The second-order valence-corrected chi connectivity index (χ2v) is 20.7. The van der Waals surface area contributed by atoms with Crippen molar-refractivity contribution in [3.05, 3.63) is 105 Å². The van der Waals surface area contributed by atoms with Crippen LogP contribution < -0.4 is 18.9 Å². The van der Waals surface area contributed by atoms with E-state index in [2.05, 4.69) is 31.8 Å². The maximum absolute atomic E-state index is 14.4. The number of carbonyl (C=O) groups is 1. The van der Waals surface area contributed by atoms with E-state index in [1.165, 1.54) is 29.8 Å². The summed E-state index contributed by atoms with van der Waals surface area (Å²) in [5, 5.41) is 12.0. The van der Waals surface area contributed by atoms with Crippen molar-refractivity contribution in [2.24, 2.45) is 0 Å². The van der Waals surface area contributed by atoms with Gasteiger partial charge in [-0.2, -0.15) is 0 Å². The van der Waals surface area contributed by atoms with Crippen molar-refractivity contribution >= 4 is 50.7 Å². The average Bonchev–Trinajstić information content (AvgIpc) is 3.78. The van der Waals surface area contributed by atoms with Crippen LogP contribution in [-0.4, -0.2) is 138 Å². The zero-order chi connectivity index (χ0) is 49.9. The molecular formula is C53H57Cl2FN6O9S. The first-order valence-electron chi connectivity index (χ1n) is 24.5. The number of carboxylic acid groups (broad SMARTS) is 1. The molecule has 15 nitrogen and oxygen atoms in total. The standard InChI is InChI=1S/C53H57Cl2FN6O9S/c1-30-43-31(2)47(55)48(46(30)54)70-39(24-62-18-16-61(3)17-19-62)27-68-38-12-13-41(69-25-36-14-15-57-50(60-36)33-6-10-37(11-7-33)67-28-40-26-65-20-21-66-40)34(22-38)23-42(53(63)64)71-51-45-44(43)49(72-52(45)59-29-58-51)32-4-8-35(56)9-5-32/h4-5,8-9,12-15,22,29,33,37,39-40,42H,6-7,10-11,16-21,23-28H2,1-3H3,(H,63,64)/t33?,37?,39?,40-,42-/m1/s1. The SMILES string of the molecule is Cc1c(Cl)c2c(Cl)c(C)c1-c1c(-c3ccc(F)cc3)sc3ncnc(c13)O[C@@H](C(=O)O)Cc1cc(ccc1OCc1ccnc(C3CCC(OC[C@H]4COCCO4)CC3)n1)OCC(CN1CCN(C)CC1)O2. The lowest BCUT2D eigenvalue weighted by atomic mass is 9.86. The number of halogens is 3. The summed E-state index contributed by atoms with van der Waals surface area (Å²) < 4.78 is 58.4. The monoisotopic (exact) mass is 1040 g/mol. The van der Waals surface area contributed by atoms with Gasteiger partial charge in [0, 0.05) is 67.3 Å². The van der Waals surface area contributed by atoms with E-state index in [-0.39, 0.29) is 43.6 Å². The lowest BCUT2D eigenvalue weighted by Crippen LogP contribution is -2.49. The summed E-state index contributed by atoms with van der Waals surface area (Å²) >= 11 is 16.0. The van der Waals surface area contributed by atoms with Crippen molar-refractivity contribution in [2.75, 3.05) is 72.8 Å². The number of thiophene rings is 1. The molecule has 2 saturated heterocycles. The Kier molecular flexibility index (Phi) is 15.7. The first-order chi connectivity index (χ1) is 34.9. The Morgan fingerprint density at radius 1 is 0.903 bits per heavy atom. The Labute approximate surface area is 431 Å². The molecule has 0 spiro atoms. The normalized spacial score (nSPS) is 22.2. The zero-order valence-corrected chi connectivity index (χ0v) is 42.7. The first-order valence-corrected chi connectivity index (χ1v) is 26.0. The number of aliphatic carboxylic acids is 1. The molecule has 380 valence electrons. The van der Waals surface area contributed by atoms with Crippen LogP contribution in [0.4, 0.5) is 4.39 Å². The Balaban J connectivity index is 0.984. The van der Waals surface area contributed by atoms with E-state index in [0.29, 0.717) is 114 Å². The highest BCUT2D eigenvalue weighted by molar-refractivity contribution is 7.22. The molecule has 1 saturated carbocycles. The fourth-order valence-corrected chi connectivity index (χ4v) is 11.6. The van der Waals surface area contributed by atoms with Crippen LogP contribution in [0.5, 0.6) is 23.1 Å². The fraction of sp³-hybridized carbons (Fsp3) is 0.453. The highest BCUT2D eigenvalue weighted by atomic mass is 35.5. The summed E-state index contributed by atoms with van der Waals surface area (Å²) in [7, 11) is 2.11. The number of benzene rings is 3. The number of likely N-dealkylation sites (N-methyl/N-ethyl adjacent to an activating group) is 1. The van der Waals surface area contributed by atoms with Gasteiger partial charge in [0.15, 0.2) is 5.75 Å². The van der Waals surface area contributed by atoms with E-state index in [4.69, 9.17) is 61.3 Å². The van der Waals surface area contributed by atoms with Gasteiger partial charge >= 0.3 is 5.97 Å². The molecule has 4 bridgehead atoms. The van der Waals surface area contributed by atoms with E-state index in [9.17, 15) is 14.3 Å². The van der Waals surface area contributed by atoms with Crippen molar-refractivity contribution in [2.45, 2.75) is 82.9 Å². The summed E-state index contributed by atoms with van der Waals surface area (Å²) in [5.74, 6) is 0.559. The van der Waals surface area contributed by atoms with Gasteiger partial charge < -0.3 is 43.2 Å². The van der Waals surface area contributed by atoms with Crippen molar-refractivity contribution in [3.63, 3.8) is 0 Å². The van der Waals surface area contributed by atoms with Crippen molar-refractivity contribution in [3.8, 4) is 44.7 Å². The maximum atomic E-state index is 14.4. The van der Waals surface area contributed by atoms with Crippen molar-refractivity contribution < 1.29 is 47.4 Å². The van der Waals surface area contributed by atoms with E-state index >= 15 is 0 Å². The van der Waals surface area contributed by atoms with Crippen molar-refractivity contribution in [1.82, 2.24) is 29.7 Å². The summed E-state index contributed by atoms with van der Waals surface area (Å²) in [6.07, 6.45) is 4.67. The molecular weight excluding hydrogens is 987 g/mol. The Morgan fingerprint density at radius 2 is 1.68 bits per heavy atom. The molecule has 1 N–H and O–H groups in total. The number of rotatable bonds is 11. The van der Waals surface area contributed by atoms with Crippen LogP contribution in [0.15, 0.2) is 61.1 Å². The molecule has 19 heteroatoms. The molecule has 1 unspecified atom stereocenters. The Bertz CT molecular complexity index is 2860. The van der Waals surface area contributed by atoms with Crippen LogP contribution in [0.2, 0.25) is 10.0 Å². The number of carboxylic acids is 1. The second kappa shape index (κ2) is 22.5. The van der Waals surface area contributed by atoms with E-state index < -0.39 is 24.0 Å². The number of ether oxygens (including phenoxy) is 7. The largest absolute Gasteiger partial charge is 0.490 e. The van der Waals surface area contributed by atoms with Crippen molar-refractivity contribution in [1.29, 1.82) is 0 Å². The minimum Gasteiger partial charge on any atom is -0.490 e. The molecule has 6 aromatic rings. The Hall–Kier alpha value is -5.24. The molecule has 3 aromatic heterocycles. The van der Waals surface area contributed by atoms with Gasteiger partial charge in [-0.15, -0.1) is 11.3 Å². The van der Waals surface area contributed by atoms with Crippen LogP contribution in [0, 0.1) is 19.7 Å². The lowest BCUT2D eigenvalue weighted by Gasteiger charge is -2.35. The van der Waals surface area contributed by atoms with Gasteiger partial charge in [0.2, 0.25) is 12.0 Å². The maximum Gasteiger partial charge on any atom is 0.345 e. The van der Waals surface area contributed by atoms with E-state index in [1.807, 2.05) is 19.9 Å². The topological polar surface area (TPSA) is 160 Å². The van der Waals surface area contributed by atoms with E-state index in [0.717, 1.165) is 57.7 Å². The summed E-state index contributed by atoms with van der Waals surface area (Å²) in [4.78, 5) is 38.1. The predicted octanol–water partition coefficient (Wildman–Crippen LogP) is 9.38. The van der Waals surface area contributed by atoms with Crippen LogP contribution in [0.25, 0.3) is 31.8 Å². The molecule has 4 aliphatic heterocycles. The van der Waals surface area contributed by atoms with Crippen LogP contribution in [0.1, 0.15) is 59.8 Å². The minimum atomic E-state index is -1.46. The molecule has 1 aliphatic carbocycles. The van der Waals surface area contributed by atoms with Crippen LogP contribution >= 0.6 is 34.5 Å². The number of hydrogen-bond donors (Lipinski definition) is 1. The molecule has 5 aliphatic rings. The molecule has 3 aromatic carbocycles. The molecule has 0 amide bonds. The van der Waals surface area contributed by atoms with Crippen LogP contribution in [-0.2, 0) is 32.0 Å². The summed E-state index contributed by atoms with van der Waals surface area (Å²) in [5.41, 5.74) is 4.49. The molecule has 3 atom stereocenters. The molecule has 3 fully saturated rings. The predicted molar refractivity (Wildman–Crippen MR) is 272 cm³/mol. The highest BCUT2D eigenvalue weighted by Crippen LogP contribution is 2.53. The van der Waals surface area contributed by atoms with E-state index in [1.54, 1.807) is 36.5 Å². The third-order valence-electron chi connectivity index (χ3n) is 13.9. The zero-order valence-electron chi connectivity index (χ0n) is 40.4. The smallest absolute Gasteiger partial charge is 0.345 e. The third-order valence-corrected chi connectivity index (χ3v) is 16.0. The number of aromatic nitrogens is 4. The molecule has 11 rings (SSSR count). The van der Waals surface area contributed by atoms with Gasteiger partial charge in [0.05, 0.1) is 53.7 Å². The quantitative estimate of drug-likeness (QED) is 0.131. The highest BCUT2D eigenvalue weighted by Gasteiger charge is 2.33. The first kappa shape index (κ1) is 50.3. The van der Waals surface area contributed by atoms with Gasteiger partial charge in [-0.3, -0.25) is 4.90 Å². The van der Waals surface area contributed by atoms with Gasteiger partial charge in [0.25, 0.3) is 0 Å². The number of fused-ring (bicyclic) bond motifs is 7. The third kappa shape index (κ3) is 11.3. The molecule has 0 radical (unpaired) electrons. The van der Waals surface area contributed by atoms with Gasteiger partial charge in [-0.25, -0.2) is 29.1 Å². The van der Waals surface area contributed by atoms with Gasteiger partial charge in [0.1, 0.15) is 59.7 Å². The number of nitrogens with zero attached hydrogens (tertiary/aromatic N) is 6. The summed E-state index contributed by atoms with van der Waals surface area (Å²) in [6.45, 7) is 10.3. The number of hydrogen-bond acceptors (Lipinski definition) is 15. The second-order valence-electron chi connectivity index (χ2n) is 18.9. The molecule has 72 heavy (non-hydrogen) atoms. The van der Waals surface area contributed by atoms with Gasteiger partial charge in [-0.1, -0.05) is 35.3 Å².